The van der Waals surface area contributed by atoms with Crippen molar-refractivity contribution in [2.24, 2.45) is 10.9 Å². The average Bonchev–Trinajstić information content (AvgIpc) is 2.91. The number of benzene rings is 2. The summed E-state index contributed by atoms with van der Waals surface area (Å²) in [6.45, 7) is 0.553. The lowest BCUT2D eigenvalue weighted by molar-refractivity contribution is -0.119. The van der Waals surface area contributed by atoms with Gasteiger partial charge in [0.15, 0.2) is 0 Å². The quantitative estimate of drug-likeness (QED) is 0.736. The first-order valence-corrected chi connectivity index (χ1v) is 11.3. The molecule has 1 unspecified atom stereocenters. The summed E-state index contributed by atoms with van der Waals surface area (Å²) in [7, 11) is 1.64. The highest BCUT2D eigenvalue weighted by molar-refractivity contribution is 6.20. The lowest BCUT2D eigenvalue weighted by atomic mass is 9.87. The number of anilines is 1. The highest BCUT2D eigenvalue weighted by Gasteiger charge is 2.31. The number of hydrogen-bond acceptors (Lipinski definition) is 3. The molecule has 2 N–H and O–H groups in total. The molecule has 0 radical (unpaired) electrons. The molecule has 1 fully saturated rings. The summed E-state index contributed by atoms with van der Waals surface area (Å²) < 4.78 is 14.6. The largest absolute Gasteiger partial charge is 0.338 e. The van der Waals surface area contributed by atoms with Crippen molar-refractivity contribution in [3.8, 4) is 0 Å². The number of nitrogens with one attached hydrogen (secondary N) is 2. The molecule has 3 amide bonds. The Morgan fingerprint density at radius 2 is 1.75 bits per heavy atom. The molecule has 2 aliphatic rings. The number of nitrogens with zero attached hydrogens (tertiary/aromatic N) is 2. The Morgan fingerprint density at radius 1 is 1.06 bits per heavy atom. The van der Waals surface area contributed by atoms with E-state index in [0.717, 1.165) is 6.42 Å². The van der Waals surface area contributed by atoms with E-state index in [2.05, 4.69) is 15.6 Å². The van der Waals surface area contributed by atoms with Crippen molar-refractivity contribution < 1.29 is 14.0 Å². The minimum atomic E-state index is -1.16. The van der Waals surface area contributed by atoms with Gasteiger partial charge in [0.1, 0.15) is 5.82 Å². The number of halogens is 1. The molecule has 0 saturated heterocycles. The fourth-order valence-electron chi connectivity index (χ4n) is 4.53. The van der Waals surface area contributed by atoms with Crippen molar-refractivity contribution in [1.82, 2.24) is 10.6 Å². The summed E-state index contributed by atoms with van der Waals surface area (Å²) in [6.07, 6.45) is 6.01. The molecule has 6 nitrogen and oxygen atoms in total. The third-order valence-corrected chi connectivity index (χ3v) is 6.30. The Kier molecular flexibility index (Phi) is 6.83. The van der Waals surface area contributed by atoms with Gasteiger partial charge in [-0.2, -0.15) is 0 Å². The number of carbonyl (C=O) groups is 2. The predicted molar refractivity (Wildman–Crippen MR) is 123 cm³/mol. The van der Waals surface area contributed by atoms with E-state index in [1.54, 1.807) is 37.4 Å². The van der Waals surface area contributed by atoms with Gasteiger partial charge < -0.3 is 15.5 Å². The second-order valence-corrected chi connectivity index (χ2v) is 8.47. The van der Waals surface area contributed by atoms with Crippen LogP contribution in [-0.2, 0) is 4.79 Å². The number of benzodiazepines with no additional fused rings is 1. The molecule has 0 aromatic heterocycles. The summed E-state index contributed by atoms with van der Waals surface area (Å²) in [5, 5.41) is 5.54. The molecule has 32 heavy (non-hydrogen) atoms. The van der Waals surface area contributed by atoms with E-state index >= 15 is 0 Å². The van der Waals surface area contributed by atoms with Gasteiger partial charge >= 0.3 is 6.03 Å². The smallest absolute Gasteiger partial charge is 0.316 e. The van der Waals surface area contributed by atoms with Gasteiger partial charge in [-0.1, -0.05) is 62.4 Å². The number of aliphatic imine (C=N–C) groups is 1. The van der Waals surface area contributed by atoms with E-state index in [1.807, 2.05) is 12.1 Å². The number of amides is 3. The summed E-state index contributed by atoms with van der Waals surface area (Å²) in [5.74, 6) is -0.171. The maximum atomic E-state index is 14.6. The molecular formula is C25H29FN4O2. The Balaban J connectivity index is 1.55. The molecule has 168 valence electrons. The number of urea groups is 1. The van der Waals surface area contributed by atoms with E-state index in [0.29, 0.717) is 29.4 Å². The molecule has 2 aromatic rings. The molecule has 1 aliphatic heterocycles. The number of para-hydroxylation sites is 1. The standard InChI is InChI=1S/C25H29FN4O2/c1-30-21-14-8-6-12-19(21)22(18-11-5-7-13-20(18)26)28-23(24(30)31)29-25(32)27-16-15-17-9-3-2-4-10-17/h5-8,11-14,17,23H,2-4,9-10,15-16H2,1H3,(H2,27,29,32). The number of carbonyl (C=O) groups excluding carboxylic acids is 2. The van der Waals surface area contributed by atoms with Crippen LogP contribution in [0.5, 0.6) is 0 Å². The van der Waals surface area contributed by atoms with Crippen LogP contribution in [0.3, 0.4) is 0 Å². The van der Waals surface area contributed by atoms with Crippen LogP contribution in [0.25, 0.3) is 0 Å². The van der Waals surface area contributed by atoms with Gasteiger partial charge in [0.2, 0.25) is 6.17 Å². The molecule has 4 rings (SSSR count). The molecule has 2 aromatic carbocycles. The van der Waals surface area contributed by atoms with Crippen molar-refractivity contribution in [3.63, 3.8) is 0 Å². The number of hydrogen-bond donors (Lipinski definition) is 2. The maximum absolute atomic E-state index is 14.6. The molecule has 1 heterocycles. The molecule has 0 spiro atoms. The summed E-state index contributed by atoms with van der Waals surface area (Å²) in [6, 6.07) is 13.1. The van der Waals surface area contributed by atoms with Crippen molar-refractivity contribution in [2.75, 3.05) is 18.5 Å². The molecular weight excluding hydrogens is 407 g/mol. The summed E-state index contributed by atoms with van der Waals surface area (Å²) >= 11 is 0. The Morgan fingerprint density at radius 3 is 2.50 bits per heavy atom. The zero-order valence-corrected chi connectivity index (χ0v) is 18.3. The maximum Gasteiger partial charge on any atom is 0.316 e. The van der Waals surface area contributed by atoms with Gasteiger partial charge in [-0.25, -0.2) is 14.2 Å². The first-order valence-electron chi connectivity index (χ1n) is 11.3. The van der Waals surface area contributed by atoms with Crippen molar-refractivity contribution in [2.45, 2.75) is 44.7 Å². The Hall–Kier alpha value is -3.22. The van der Waals surface area contributed by atoms with E-state index in [4.69, 9.17) is 0 Å². The van der Waals surface area contributed by atoms with Gasteiger partial charge in [0.05, 0.1) is 11.4 Å². The Bertz CT molecular complexity index is 1020. The van der Waals surface area contributed by atoms with E-state index in [1.165, 1.54) is 43.1 Å². The minimum Gasteiger partial charge on any atom is -0.338 e. The SMILES string of the molecule is CN1C(=O)C(NC(=O)NCCC2CCCCC2)N=C(c2ccccc2F)c2ccccc21. The molecule has 7 heteroatoms. The van der Waals surface area contributed by atoms with E-state index < -0.39 is 18.0 Å². The van der Waals surface area contributed by atoms with Crippen molar-refractivity contribution in [1.29, 1.82) is 0 Å². The summed E-state index contributed by atoms with van der Waals surface area (Å²) in [4.78, 5) is 31.7. The fourth-order valence-corrected chi connectivity index (χ4v) is 4.53. The van der Waals surface area contributed by atoms with Crippen molar-refractivity contribution >= 4 is 23.3 Å². The van der Waals surface area contributed by atoms with Gasteiger partial charge in [0.25, 0.3) is 5.91 Å². The highest BCUT2D eigenvalue weighted by atomic mass is 19.1. The Labute approximate surface area is 187 Å². The second kappa shape index (κ2) is 9.94. The number of fused-ring (bicyclic) bond motifs is 1. The summed E-state index contributed by atoms with van der Waals surface area (Å²) in [5.41, 5.74) is 1.87. The van der Waals surface area contributed by atoms with Crippen LogP contribution >= 0.6 is 0 Å². The van der Waals surface area contributed by atoms with Crippen LogP contribution in [0.2, 0.25) is 0 Å². The van der Waals surface area contributed by atoms with Crippen LogP contribution in [0.15, 0.2) is 53.5 Å². The van der Waals surface area contributed by atoms with Crippen LogP contribution in [0.4, 0.5) is 14.9 Å². The van der Waals surface area contributed by atoms with Crippen LogP contribution < -0.4 is 15.5 Å². The third-order valence-electron chi connectivity index (χ3n) is 6.30. The molecule has 1 aliphatic carbocycles. The zero-order chi connectivity index (χ0) is 22.5. The molecule has 0 bridgehead atoms. The normalized spacial score (nSPS) is 19.1. The van der Waals surface area contributed by atoms with Gasteiger partial charge in [-0.15, -0.1) is 0 Å². The lowest BCUT2D eigenvalue weighted by Gasteiger charge is -2.22. The highest BCUT2D eigenvalue weighted by Crippen LogP contribution is 2.28. The zero-order valence-electron chi connectivity index (χ0n) is 18.3. The first kappa shape index (κ1) is 22.0. The fraction of sp³-hybridized carbons (Fsp3) is 0.400. The predicted octanol–water partition coefficient (Wildman–Crippen LogP) is 4.24. The van der Waals surface area contributed by atoms with Crippen molar-refractivity contribution in [3.05, 3.63) is 65.5 Å². The lowest BCUT2D eigenvalue weighted by Crippen LogP contribution is -2.49. The monoisotopic (exact) mass is 436 g/mol. The first-order chi connectivity index (χ1) is 15.5. The number of rotatable bonds is 5. The van der Waals surface area contributed by atoms with E-state index in [9.17, 15) is 14.0 Å². The van der Waals surface area contributed by atoms with E-state index in [-0.39, 0.29) is 11.5 Å². The van der Waals surface area contributed by atoms with Crippen LogP contribution in [-0.4, -0.2) is 37.4 Å². The van der Waals surface area contributed by atoms with Crippen LogP contribution in [0, 0.1) is 11.7 Å². The van der Waals surface area contributed by atoms with Gasteiger partial charge in [-0.05, 0) is 30.5 Å². The van der Waals surface area contributed by atoms with Gasteiger partial charge in [0, 0.05) is 24.7 Å². The number of likely N-dealkylation sites (N-methyl/N-ethyl adjacent to an activating group) is 1. The minimum absolute atomic E-state index is 0.285. The third kappa shape index (κ3) is 4.82. The van der Waals surface area contributed by atoms with Crippen LogP contribution in [0.1, 0.15) is 49.7 Å². The molecule has 1 atom stereocenters. The molecule has 1 saturated carbocycles. The topological polar surface area (TPSA) is 73.8 Å². The average molecular weight is 437 g/mol. The second-order valence-electron chi connectivity index (χ2n) is 8.47. The van der Waals surface area contributed by atoms with Gasteiger partial charge in [-0.3, -0.25) is 4.79 Å².